The Hall–Kier alpha value is -1.20. The molecule has 2 amide bonds. The lowest BCUT2D eigenvalue weighted by Crippen LogP contribution is -2.38. The third-order valence-electron chi connectivity index (χ3n) is 2.20. The first kappa shape index (κ1) is 15.8. The first-order valence-corrected chi connectivity index (χ1v) is 6.39. The van der Waals surface area contributed by atoms with Crippen molar-refractivity contribution in [1.29, 1.82) is 0 Å². The largest absolute Gasteiger partial charge is 0.428 e. The average Bonchev–Trinajstić information content (AvgIpc) is 2.27. The van der Waals surface area contributed by atoms with Gasteiger partial charge in [-0.15, -0.1) is 0 Å². The van der Waals surface area contributed by atoms with Crippen LogP contribution in [0.4, 0.5) is 0 Å². The summed E-state index contributed by atoms with van der Waals surface area (Å²) >= 11 is 0. The minimum atomic E-state index is -0.329. The van der Waals surface area contributed by atoms with Crippen molar-refractivity contribution in [3.05, 3.63) is 24.3 Å². The molecule has 0 aromatic rings. The highest BCUT2D eigenvalue weighted by molar-refractivity contribution is 6.08. The lowest BCUT2D eigenvalue weighted by Gasteiger charge is -2.20. The van der Waals surface area contributed by atoms with Gasteiger partial charge in [-0.25, -0.2) is 0 Å². The second-order valence-corrected chi connectivity index (χ2v) is 4.60. The van der Waals surface area contributed by atoms with Crippen molar-refractivity contribution in [3.63, 3.8) is 0 Å². The van der Waals surface area contributed by atoms with E-state index in [1.807, 2.05) is 0 Å². The van der Waals surface area contributed by atoms with Gasteiger partial charge in [0.05, 0.1) is 0 Å². The molecule has 0 aromatic heterocycles. The first-order chi connectivity index (χ1) is 7.91. The van der Waals surface area contributed by atoms with Crippen LogP contribution in [0.3, 0.4) is 0 Å². The van der Waals surface area contributed by atoms with Crippen LogP contribution in [0.15, 0.2) is 24.3 Å². The fourth-order valence-corrected chi connectivity index (χ4v) is 1.56. The van der Waals surface area contributed by atoms with E-state index in [0.29, 0.717) is 34.8 Å². The number of carbonyl (C=O) groups is 2. The molecule has 5 heteroatoms. The summed E-state index contributed by atoms with van der Waals surface area (Å²) in [5, 5.41) is 0. The molecule has 0 N–H and O–H groups in total. The van der Waals surface area contributed by atoms with Crippen LogP contribution in [0.5, 0.6) is 0 Å². The molecule has 0 aliphatic carbocycles. The molecule has 0 saturated carbocycles. The Labute approximate surface area is 106 Å². The van der Waals surface area contributed by atoms with Gasteiger partial charge < -0.3 is 4.43 Å². The monoisotopic (exact) mass is 255 g/mol. The Morgan fingerprint density at radius 2 is 1.59 bits per heavy atom. The maximum Gasteiger partial charge on any atom is 0.255 e. The van der Waals surface area contributed by atoms with Gasteiger partial charge in [0, 0.05) is 24.3 Å². The van der Waals surface area contributed by atoms with Crippen molar-refractivity contribution >= 4 is 22.3 Å². The Morgan fingerprint density at radius 3 is 1.94 bits per heavy atom. The van der Waals surface area contributed by atoms with Crippen LogP contribution in [0.2, 0.25) is 0 Å². The molecule has 0 radical (unpaired) electrons. The number of nitrogens with zero attached hydrogens (tertiary/aromatic N) is 1. The van der Waals surface area contributed by atoms with E-state index in [4.69, 9.17) is 4.43 Å². The summed E-state index contributed by atoms with van der Waals surface area (Å²) in [5.41, 5.74) is 0.720. The van der Waals surface area contributed by atoms with Crippen LogP contribution in [-0.4, -0.2) is 40.4 Å². The zero-order valence-electron chi connectivity index (χ0n) is 10.9. The molecule has 0 rings (SSSR count). The Kier molecular flexibility index (Phi) is 7.41. The molecular formula is C12H21NO3Si. The highest BCUT2D eigenvalue weighted by atomic mass is 28.2. The zero-order chi connectivity index (χ0) is 13.4. The third kappa shape index (κ3) is 5.60. The van der Waals surface area contributed by atoms with Crippen LogP contribution in [-0.2, 0) is 14.0 Å². The van der Waals surface area contributed by atoms with E-state index < -0.39 is 0 Å². The summed E-state index contributed by atoms with van der Waals surface area (Å²) in [7, 11) is 0.714. The highest BCUT2D eigenvalue weighted by Crippen LogP contribution is 2.07. The van der Waals surface area contributed by atoms with E-state index in [-0.39, 0.29) is 11.8 Å². The second-order valence-electron chi connectivity index (χ2n) is 4.02. The normalized spacial score (nSPS) is 10.0. The van der Waals surface area contributed by atoms with Gasteiger partial charge in [0.1, 0.15) is 10.5 Å². The molecule has 0 fully saturated rings. The van der Waals surface area contributed by atoms with Gasteiger partial charge in [-0.2, -0.15) is 0 Å². The molecule has 96 valence electrons. The van der Waals surface area contributed by atoms with Crippen molar-refractivity contribution in [3.8, 4) is 0 Å². The summed E-state index contributed by atoms with van der Waals surface area (Å²) < 4.78 is 5.05. The number of carbonyl (C=O) groups excluding carboxylic acids is 2. The molecule has 0 aromatic carbocycles. The number of hydrogen-bond acceptors (Lipinski definition) is 3. The molecule has 0 atom stereocenters. The van der Waals surface area contributed by atoms with Crippen molar-refractivity contribution in [1.82, 2.24) is 4.90 Å². The number of unbranched alkanes of at least 4 members (excludes halogenated alkanes) is 1. The van der Waals surface area contributed by atoms with E-state index >= 15 is 0 Å². The summed E-state index contributed by atoms with van der Waals surface area (Å²) in [6.07, 6.45) is 1.58. The topological polar surface area (TPSA) is 46.6 Å². The maximum atomic E-state index is 11.8. The fourth-order valence-electron chi connectivity index (χ4n) is 1.27. The van der Waals surface area contributed by atoms with Gasteiger partial charge >= 0.3 is 0 Å². The van der Waals surface area contributed by atoms with Gasteiger partial charge in [0.15, 0.2) is 0 Å². The van der Waals surface area contributed by atoms with E-state index in [9.17, 15) is 9.59 Å². The van der Waals surface area contributed by atoms with Gasteiger partial charge in [-0.1, -0.05) is 13.2 Å². The third-order valence-corrected chi connectivity index (χ3v) is 2.61. The molecule has 0 aliphatic rings. The SMILES string of the molecule is C=C(C)C(=O)N(CCCCO[SiH3])C(=O)C(=C)C. The van der Waals surface area contributed by atoms with E-state index in [1.165, 1.54) is 4.90 Å². The molecule has 17 heavy (non-hydrogen) atoms. The molecule has 0 unspecified atom stereocenters. The summed E-state index contributed by atoms with van der Waals surface area (Å²) in [4.78, 5) is 24.8. The maximum absolute atomic E-state index is 11.8. The molecule has 0 bridgehead atoms. The van der Waals surface area contributed by atoms with Gasteiger partial charge in [-0.3, -0.25) is 14.5 Å². The highest BCUT2D eigenvalue weighted by Gasteiger charge is 2.21. The number of rotatable bonds is 7. The van der Waals surface area contributed by atoms with E-state index in [0.717, 1.165) is 12.8 Å². The fraction of sp³-hybridized carbons (Fsp3) is 0.500. The Balaban J connectivity index is 4.52. The van der Waals surface area contributed by atoms with Crippen LogP contribution in [0.1, 0.15) is 26.7 Å². The Bertz CT molecular complexity index is 300. The van der Waals surface area contributed by atoms with Gasteiger partial charge in [0.2, 0.25) is 0 Å². The van der Waals surface area contributed by atoms with Crippen LogP contribution >= 0.6 is 0 Å². The van der Waals surface area contributed by atoms with Crippen LogP contribution in [0, 0.1) is 0 Å². The van der Waals surface area contributed by atoms with Crippen LogP contribution in [0.25, 0.3) is 0 Å². The van der Waals surface area contributed by atoms with E-state index in [1.54, 1.807) is 13.8 Å². The van der Waals surface area contributed by atoms with Crippen molar-refractivity contribution < 1.29 is 14.0 Å². The minimum Gasteiger partial charge on any atom is -0.428 e. The predicted octanol–water partition coefficient (Wildman–Crippen LogP) is 0.571. The number of hydrogen-bond donors (Lipinski definition) is 0. The molecule has 0 heterocycles. The lowest BCUT2D eigenvalue weighted by molar-refractivity contribution is -0.140. The average molecular weight is 255 g/mol. The molecule has 0 spiro atoms. The summed E-state index contributed by atoms with van der Waals surface area (Å²) in [6.45, 7) is 11.4. The first-order valence-electron chi connectivity index (χ1n) is 5.58. The van der Waals surface area contributed by atoms with Gasteiger partial charge in [0.25, 0.3) is 11.8 Å². The lowest BCUT2D eigenvalue weighted by atomic mass is 10.2. The predicted molar refractivity (Wildman–Crippen MR) is 71.5 cm³/mol. The van der Waals surface area contributed by atoms with Crippen molar-refractivity contribution in [2.75, 3.05) is 13.2 Å². The smallest absolute Gasteiger partial charge is 0.255 e. The van der Waals surface area contributed by atoms with Gasteiger partial charge in [-0.05, 0) is 26.7 Å². The second kappa shape index (κ2) is 7.97. The van der Waals surface area contributed by atoms with Crippen molar-refractivity contribution in [2.24, 2.45) is 0 Å². The standard InChI is InChI=1S/C12H21NO3Si/c1-9(2)11(14)13(12(15)10(3)4)7-5-6-8-16-17/h1,3,5-8H2,2,4,17H3. The number of amides is 2. The van der Waals surface area contributed by atoms with Crippen LogP contribution < -0.4 is 0 Å². The minimum absolute atomic E-state index is 0.329. The Morgan fingerprint density at radius 1 is 1.12 bits per heavy atom. The quantitative estimate of drug-likeness (QED) is 0.380. The zero-order valence-corrected chi connectivity index (χ0v) is 12.9. The summed E-state index contributed by atoms with van der Waals surface area (Å²) in [6, 6.07) is 0. The van der Waals surface area contributed by atoms with E-state index in [2.05, 4.69) is 13.2 Å². The number of imide groups is 1. The molecule has 0 aliphatic heterocycles. The molecular weight excluding hydrogens is 234 g/mol. The molecule has 4 nitrogen and oxygen atoms in total. The summed E-state index contributed by atoms with van der Waals surface area (Å²) in [5.74, 6) is -0.658. The molecule has 0 saturated heterocycles. The van der Waals surface area contributed by atoms with Crippen molar-refractivity contribution in [2.45, 2.75) is 26.7 Å².